The van der Waals surface area contributed by atoms with Gasteiger partial charge < -0.3 is 4.89 Å². The van der Waals surface area contributed by atoms with Crippen LogP contribution in [0.1, 0.15) is 43.0 Å². The van der Waals surface area contributed by atoms with Gasteiger partial charge in [0, 0.05) is 16.7 Å². The first-order valence-corrected chi connectivity index (χ1v) is 8.55. The number of fused-ring (bicyclic) bond motifs is 1. The van der Waals surface area contributed by atoms with E-state index in [1.54, 1.807) is 48.5 Å². The maximum atomic E-state index is 13.3. The lowest BCUT2D eigenvalue weighted by Gasteiger charge is -2.16. The molecule has 0 amide bonds. The Kier molecular flexibility index (Phi) is 4.22. The van der Waals surface area contributed by atoms with Gasteiger partial charge in [-0.2, -0.15) is 0 Å². The number of carbonyl (C=O) groups excluding carboxylic acids is 2. The summed E-state index contributed by atoms with van der Waals surface area (Å²) < 4.78 is 0. The topological polar surface area (TPSA) is 64.6 Å². The maximum Gasteiger partial charge on any atom is 0.205 e. The summed E-state index contributed by atoms with van der Waals surface area (Å²) in [5.74, 6) is -0.276. The Morgan fingerprint density at radius 1 is 0.741 bits per heavy atom. The molecule has 1 N–H and O–H groups in total. The van der Waals surface area contributed by atoms with Crippen LogP contribution in [0.25, 0.3) is 0 Å². The van der Waals surface area contributed by atoms with Crippen LogP contribution in [-0.2, 0) is 4.99 Å². The van der Waals surface area contributed by atoms with Crippen LogP contribution >= 0.6 is 0 Å². The first-order chi connectivity index (χ1) is 13.1. The van der Waals surface area contributed by atoms with E-state index in [-0.39, 0.29) is 22.9 Å². The van der Waals surface area contributed by atoms with Gasteiger partial charge in [0.25, 0.3) is 0 Å². The molecule has 134 valence electrons. The predicted octanol–water partition coefficient (Wildman–Crippen LogP) is 4.42. The summed E-state index contributed by atoms with van der Waals surface area (Å²) in [5, 5.41) is 0. The van der Waals surface area contributed by atoms with Crippen molar-refractivity contribution in [2.75, 3.05) is 5.48 Å². The van der Waals surface area contributed by atoms with Crippen LogP contribution in [-0.4, -0.2) is 11.6 Å². The summed E-state index contributed by atoms with van der Waals surface area (Å²) in [5.41, 5.74) is 6.27. The number of rotatable bonds is 4. The Labute approximate surface area is 156 Å². The van der Waals surface area contributed by atoms with E-state index in [9.17, 15) is 9.59 Å². The number of benzene rings is 3. The first kappa shape index (κ1) is 17.0. The molecular formula is C22H17NO4. The number of anilines is 1. The molecule has 0 aliphatic carbocycles. The van der Waals surface area contributed by atoms with E-state index in [1.807, 2.05) is 26.0 Å². The van der Waals surface area contributed by atoms with E-state index in [2.05, 4.69) is 5.48 Å². The van der Waals surface area contributed by atoms with Crippen molar-refractivity contribution in [1.29, 1.82) is 0 Å². The van der Waals surface area contributed by atoms with Crippen LogP contribution in [0.3, 0.4) is 0 Å². The third-order valence-electron chi connectivity index (χ3n) is 4.81. The minimum absolute atomic E-state index is 0.207. The van der Waals surface area contributed by atoms with E-state index in [1.165, 1.54) is 0 Å². The summed E-state index contributed by atoms with van der Waals surface area (Å²) in [7, 11) is 0. The molecule has 0 spiro atoms. The van der Waals surface area contributed by atoms with Crippen molar-refractivity contribution in [3.63, 3.8) is 0 Å². The van der Waals surface area contributed by atoms with Crippen LogP contribution < -0.4 is 10.4 Å². The van der Waals surface area contributed by atoms with Crippen molar-refractivity contribution in [2.45, 2.75) is 13.8 Å². The average Bonchev–Trinajstić information content (AvgIpc) is 3.20. The molecule has 5 heteroatoms. The lowest BCUT2D eigenvalue weighted by Crippen LogP contribution is -2.15. The molecule has 0 saturated carbocycles. The summed E-state index contributed by atoms with van der Waals surface area (Å²) in [4.78, 5) is 36.8. The van der Waals surface area contributed by atoms with E-state index in [4.69, 9.17) is 9.88 Å². The van der Waals surface area contributed by atoms with Gasteiger partial charge in [-0.3, -0.25) is 9.59 Å². The molecule has 0 unspecified atom stereocenters. The fourth-order valence-electron chi connectivity index (χ4n) is 3.25. The van der Waals surface area contributed by atoms with Gasteiger partial charge in [0.15, 0.2) is 11.6 Å². The monoisotopic (exact) mass is 359 g/mol. The van der Waals surface area contributed by atoms with Crippen LogP contribution in [0.15, 0.2) is 60.7 Å². The molecule has 4 rings (SSSR count). The molecule has 0 radical (unpaired) electrons. The van der Waals surface area contributed by atoms with Gasteiger partial charge in [-0.25, -0.2) is 5.48 Å². The molecule has 0 atom stereocenters. The summed E-state index contributed by atoms with van der Waals surface area (Å²) in [6.45, 7) is 3.69. The highest BCUT2D eigenvalue weighted by Gasteiger charge is 2.33. The van der Waals surface area contributed by atoms with Crippen molar-refractivity contribution >= 4 is 17.3 Å². The fourth-order valence-corrected chi connectivity index (χ4v) is 3.25. The van der Waals surface area contributed by atoms with E-state index in [0.717, 1.165) is 5.56 Å². The molecule has 0 aromatic heterocycles. The highest BCUT2D eigenvalue weighted by Crippen LogP contribution is 2.42. The number of hydrogen-bond acceptors (Lipinski definition) is 5. The number of carbonyl (C=O) groups is 2. The quantitative estimate of drug-likeness (QED) is 0.552. The van der Waals surface area contributed by atoms with Crippen molar-refractivity contribution < 1.29 is 19.5 Å². The minimum atomic E-state index is -0.290. The molecule has 27 heavy (non-hydrogen) atoms. The second-order valence-corrected chi connectivity index (χ2v) is 6.36. The van der Waals surface area contributed by atoms with Gasteiger partial charge in [-0.15, -0.1) is 0 Å². The van der Waals surface area contributed by atoms with Crippen LogP contribution in [0.2, 0.25) is 0 Å². The Morgan fingerprint density at radius 2 is 1.26 bits per heavy atom. The van der Waals surface area contributed by atoms with Crippen LogP contribution in [0.5, 0.6) is 5.75 Å². The minimum Gasteiger partial charge on any atom is -0.311 e. The van der Waals surface area contributed by atoms with E-state index >= 15 is 0 Å². The molecule has 1 aliphatic rings. The van der Waals surface area contributed by atoms with Gasteiger partial charge >= 0.3 is 0 Å². The molecule has 5 nitrogen and oxygen atoms in total. The summed E-state index contributed by atoms with van der Waals surface area (Å²) in [6.07, 6.45) is 0. The smallest absolute Gasteiger partial charge is 0.205 e. The van der Waals surface area contributed by atoms with Gasteiger partial charge in [0.1, 0.15) is 5.69 Å². The second kappa shape index (κ2) is 6.70. The van der Waals surface area contributed by atoms with Crippen molar-refractivity contribution in [2.24, 2.45) is 0 Å². The van der Waals surface area contributed by atoms with Crippen molar-refractivity contribution in [3.8, 4) is 5.75 Å². The van der Waals surface area contributed by atoms with Crippen molar-refractivity contribution in [3.05, 3.63) is 94.0 Å². The number of hydrogen-bond donors (Lipinski definition) is 1. The average molecular weight is 359 g/mol. The third-order valence-corrected chi connectivity index (χ3v) is 4.81. The molecule has 0 bridgehead atoms. The van der Waals surface area contributed by atoms with Crippen LogP contribution in [0, 0.1) is 13.8 Å². The zero-order valence-corrected chi connectivity index (χ0v) is 14.9. The molecule has 0 fully saturated rings. The van der Waals surface area contributed by atoms with Gasteiger partial charge in [-0.1, -0.05) is 65.7 Å². The molecule has 0 saturated heterocycles. The maximum absolute atomic E-state index is 13.3. The molecule has 3 aromatic carbocycles. The highest BCUT2D eigenvalue weighted by atomic mass is 17.3. The van der Waals surface area contributed by atoms with Gasteiger partial charge in [-0.05, 0) is 25.0 Å². The van der Waals surface area contributed by atoms with Crippen molar-refractivity contribution in [1.82, 2.24) is 0 Å². The first-order valence-electron chi connectivity index (χ1n) is 8.55. The Morgan fingerprint density at radius 3 is 1.81 bits per heavy atom. The molecule has 1 aliphatic heterocycles. The van der Waals surface area contributed by atoms with E-state index < -0.39 is 0 Å². The zero-order chi connectivity index (χ0) is 19.0. The normalized spacial score (nSPS) is 12.1. The number of ketones is 2. The fraction of sp³-hybridized carbons (Fsp3) is 0.0909. The Hall–Kier alpha value is -3.44. The Balaban J connectivity index is 1.99. The summed E-state index contributed by atoms with van der Waals surface area (Å²) >= 11 is 0. The molecular weight excluding hydrogens is 342 g/mol. The SMILES string of the molecule is Cc1c(C)c(C(=O)c2ccccc2)c(C(=O)c2ccccc2)c2c1NOO2. The summed E-state index contributed by atoms with van der Waals surface area (Å²) in [6, 6.07) is 17.7. The van der Waals surface area contributed by atoms with Gasteiger partial charge in [0.05, 0.1) is 5.56 Å². The van der Waals surface area contributed by atoms with Crippen LogP contribution in [0.4, 0.5) is 5.69 Å². The largest absolute Gasteiger partial charge is 0.311 e. The zero-order valence-electron chi connectivity index (χ0n) is 14.9. The molecule has 3 aromatic rings. The van der Waals surface area contributed by atoms with Gasteiger partial charge in [0.2, 0.25) is 5.75 Å². The molecule has 1 heterocycles. The predicted molar refractivity (Wildman–Crippen MR) is 101 cm³/mol. The lowest BCUT2D eigenvalue weighted by atomic mass is 9.86. The second-order valence-electron chi connectivity index (χ2n) is 6.36. The standard InChI is InChI=1S/C22H17NO4/c1-13-14(2)19-22(26-27-23-19)18(21(25)16-11-7-4-8-12-16)17(13)20(24)15-9-5-3-6-10-15/h3-12,23H,1-2H3. The number of nitrogens with one attached hydrogen (secondary N) is 1. The van der Waals surface area contributed by atoms with E-state index in [0.29, 0.717) is 27.9 Å². The highest BCUT2D eigenvalue weighted by molar-refractivity contribution is 6.22. The third kappa shape index (κ3) is 2.78. The Bertz CT molecular complexity index is 1040. The lowest BCUT2D eigenvalue weighted by molar-refractivity contribution is -0.161.